The first-order valence-corrected chi connectivity index (χ1v) is 3.47. The van der Waals surface area contributed by atoms with E-state index in [1.54, 1.807) is 23.1 Å². The molecule has 0 bridgehead atoms. The number of halogens is 1. The Morgan fingerprint density at radius 2 is 2.20 bits per heavy atom. The second-order valence-electron chi connectivity index (χ2n) is 1.74. The van der Waals surface area contributed by atoms with E-state index < -0.39 is 0 Å². The lowest BCUT2D eigenvalue weighted by atomic mass is 10.9. The maximum absolute atomic E-state index is 3.99. The summed E-state index contributed by atoms with van der Waals surface area (Å²) >= 11 is 3.26. The van der Waals surface area contributed by atoms with Gasteiger partial charge in [-0.15, -0.1) is 0 Å². The highest BCUT2D eigenvalue weighted by molar-refractivity contribution is 9.10. The molecular formula is C5H3BrN4. The highest BCUT2D eigenvalue weighted by Gasteiger charge is 1.98. The second-order valence-corrected chi connectivity index (χ2v) is 2.55. The van der Waals surface area contributed by atoms with Crippen LogP contribution in [0.25, 0.3) is 5.78 Å². The summed E-state index contributed by atoms with van der Waals surface area (Å²) < 4.78 is 2.43. The van der Waals surface area contributed by atoms with E-state index >= 15 is 0 Å². The molecule has 0 aliphatic heterocycles. The molecule has 10 heavy (non-hydrogen) atoms. The Morgan fingerprint density at radius 3 is 3.00 bits per heavy atom. The molecule has 2 aromatic heterocycles. The van der Waals surface area contributed by atoms with Crippen molar-refractivity contribution in [3.8, 4) is 0 Å². The highest BCUT2D eigenvalue weighted by Crippen LogP contribution is 2.07. The number of hydrogen-bond donors (Lipinski definition) is 0. The SMILES string of the molecule is Brc1cnc2nccnn12. The Labute approximate surface area is 65.0 Å². The van der Waals surface area contributed by atoms with Gasteiger partial charge in [0.2, 0.25) is 0 Å². The smallest absolute Gasteiger partial charge is 0.218 e. The van der Waals surface area contributed by atoms with Crippen LogP contribution in [0.1, 0.15) is 0 Å². The molecule has 0 N–H and O–H groups in total. The Kier molecular flexibility index (Phi) is 1.17. The van der Waals surface area contributed by atoms with Crippen LogP contribution in [-0.2, 0) is 0 Å². The van der Waals surface area contributed by atoms with Crippen LogP contribution in [0.3, 0.4) is 0 Å². The normalized spacial score (nSPS) is 10.5. The summed E-state index contributed by atoms with van der Waals surface area (Å²) in [6, 6.07) is 0. The number of aromatic nitrogens is 4. The van der Waals surface area contributed by atoms with Crippen LogP contribution in [0.2, 0.25) is 0 Å². The molecule has 4 nitrogen and oxygen atoms in total. The van der Waals surface area contributed by atoms with Crippen molar-refractivity contribution >= 4 is 21.7 Å². The van der Waals surface area contributed by atoms with E-state index in [1.807, 2.05) is 0 Å². The number of imidazole rings is 1. The van der Waals surface area contributed by atoms with Gasteiger partial charge in [-0.25, -0.2) is 9.97 Å². The average molecular weight is 199 g/mol. The Bertz CT molecular complexity index is 355. The predicted octanol–water partition coefficient (Wildman–Crippen LogP) is 0.887. The molecule has 5 heteroatoms. The first-order chi connectivity index (χ1) is 4.88. The topological polar surface area (TPSA) is 43.1 Å². The van der Waals surface area contributed by atoms with Crippen LogP contribution in [0.15, 0.2) is 23.2 Å². The van der Waals surface area contributed by atoms with Gasteiger partial charge < -0.3 is 0 Å². The molecular weight excluding hydrogens is 196 g/mol. The lowest BCUT2D eigenvalue weighted by Crippen LogP contribution is -1.91. The third-order valence-corrected chi connectivity index (χ3v) is 1.66. The summed E-state index contributed by atoms with van der Waals surface area (Å²) in [4.78, 5) is 7.92. The zero-order valence-electron chi connectivity index (χ0n) is 4.90. The second kappa shape index (κ2) is 2.02. The first-order valence-electron chi connectivity index (χ1n) is 2.68. The fourth-order valence-corrected chi connectivity index (χ4v) is 1.06. The van der Waals surface area contributed by atoms with E-state index in [-0.39, 0.29) is 0 Å². The molecule has 50 valence electrons. The number of rotatable bonds is 0. The van der Waals surface area contributed by atoms with E-state index in [0.29, 0.717) is 5.78 Å². The van der Waals surface area contributed by atoms with Gasteiger partial charge in [0.15, 0.2) is 0 Å². The van der Waals surface area contributed by atoms with Crippen LogP contribution in [0.5, 0.6) is 0 Å². The molecule has 0 spiro atoms. The summed E-state index contributed by atoms with van der Waals surface area (Å²) in [5.41, 5.74) is 0. The summed E-state index contributed by atoms with van der Waals surface area (Å²) in [5.74, 6) is 0.606. The quantitative estimate of drug-likeness (QED) is 0.632. The molecule has 0 fully saturated rings. The van der Waals surface area contributed by atoms with Crippen LogP contribution in [-0.4, -0.2) is 19.6 Å². The third-order valence-electron chi connectivity index (χ3n) is 1.12. The maximum atomic E-state index is 3.99. The molecule has 2 heterocycles. The van der Waals surface area contributed by atoms with E-state index in [9.17, 15) is 0 Å². The van der Waals surface area contributed by atoms with Gasteiger partial charge in [-0.3, -0.25) is 0 Å². The van der Waals surface area contributed by atoms with Crippen LogP contribution in [0.4, 0.5) is 0 Å². The van der Waals surface area contributed by atoms with E-state index in [1.165, 1.54) is 0 Å². The van der Waals surface area contributed by atoms with Gasteiger partial charge in [0, 0.05) is 0 Å². The van der Waals surface area contributed by atoms with Gasteiger partial charge in [0.1, 0.15) is 4.60 Å². The van der Waals surface area contributed by atoms with Crippen LogP contribution in [0, 0.1) is 0 Å². The van der Waals surface area contributed by atoms with E-state index in [2.05, 4.69) is 31.0 Å². The Hall–Kier alpha value is -0.970. The average Bonchev–Trinajstić information content (AvgIpc) is 2.34. The number of nitrogens with zero attached hydrogens (tertiary/aromatic N) is 4. The molecule has 0 aromatic carbocycles. The van der Waals surface area contributed by atoms with Crippen molar-refractivity contribution in [3.05, 3.63) is 23.2 Å². The first kappa shape index (κ1) is 5.79. The van der Waals surface area contributed by atoms with Crippen molar-refractivity contribution in [2.45, 2.75) is 0 Å². The van der Waals surface area contributed by atoms with Crippen molar-refractivity contribution in [3.63, 3.8) is 0 Å². The third kappa shape index (κ3) is 0.706. The van der Waals surface area contributed by atoms with Gasteiger partial charge in [0.25, 0.3) is 5.78 Å². The molecule has 2 rings (SSSR count). The van der Waals surface area contributed by atoms with Crippen LogP contribution < -0.4 is 0 Å². The van der Waals surface area contributed by atoms with Gasteiger partial charge in [-0.2, -0.15) is 9.61 Å². The summed E-state index contributed by atoms with van der Waals surface area (Å²) in [6.45, 7) is 0. The van der Waals surface area contributed by atoms with Gasteiger partial charge in [-0.05, 0) is 15.9 Å². The molecule has 0 unspecified atom stereocenters. The lowest BCUT2D eigenvalue weighted by molar-refractivity contribution is 0.885. The summed E-state index contributed by atoms with van der Waals surface area (Å²) in [6.07, 6.45) is 4.88. The fraction of sp³-hybridized carbons (Fsp3) is 0. The van der Waals surface area contributed by atoms with E-state index in [0.717, 1.165) is 4.60 Å². The number of hydrogen-bond acceptors (Lipinski definition) is 3. The van der Waals surface area contributed by atoms with Gasteiger partial charge in [-0.1, -0.05) is 0 Å². The van der Waals surface area contributed by atoms with Gasteiger partial charge in [0.05, 0.1) is 18.6 Å². The van der Waals surface area contributed by atoms with Gasteiger partial charge >= 0.3 is 0 Å². The largest absolute Gasteiger partial charge is 0.251 e. The molecule has 2 aromatic rings. The molecule has 0 amide bonds. The highest BCUT2D eigenvalue weighted by atomic mass is 79.9. The summed E-state index contributed by atoms with van der Waals surface area (Å²) in [5, 5.41) is 3.99. The van der Waals surface area contributed by atoms with Crippen molar-refractivity contribution in [1.82, 2.24) is 19.6 Å². The molecule has 0 saturated carbocycles. The predicted molar refractivity (Wildman–Crippen MR) is 38.5 cm³/mol. The molecule has 0 radical (unpaired) electrons. The maximum Gasteiger partial charge on any atom is 0.251 e. The minimum atomic E-state index is 0.606. The molecule has 0 aliphatic rings. The van der Waals surface area contributed by atoms with Crippen molar-refractivity contribution < 1.29 is 0 Å². The monoisotopic (exact) mass is 198 g/mol. The van der Waals surface area contributed by atoms with Crippen LogP contribution >= 0.6 is 15.9 Å². The van der Waals surface area contributed by atoms with Crippen molar-refractivity contribution in [2.75, 3.05) is 0 Å². The number of fused-ring (bicyclic) bond motifs is 1. The van der Waals surface area contributed by atoms with E-state index in [4.69, 9.17) is 0 Å². The zero-order valence-corrected chi connectivity index (χ0v) is 6.48. The Morgan fingerprint density at radius 1 is 1.30 bits per heavy atom. The van der Waals surface area contributed by atoms with Crippen molar-refractivity contribution in [1.29, 1.82) is 0 Å². The zero-order chi connectivity index (χ0) is 6.97. The van der Waals surface area contributed by atoms with Crippen molar-refractivity contribution in [2.24, 2.45) is 0 Å². The Balaban J connectivity index is 2.93. The fourth-order valence-electron chi connectivity index (χ4n) is 0.707. The summed E-state index contributed by atoms with van der Waals surface area (Å²) in [7, 11) is 0. The lowest BCUT2D eigenvalue weighted by Gasteiger charge is -1.87. The molecule has 0 atom stereocenters. The minimum absolute atomic E-state index is 0.606. The minimum Gasteiger partial charge on any atom is -0.218 e. The molecule has 0 saturated heterocycles. The molecule has 0 aliphatic carbocycles. The standard InChI is InChI=1S/C5H3BrN4/c6-4-3-8-5-7-1-2-9-10(4)5/h1-3H.